The molecule has 21 heavy (non-hydrogen) atoms. The van der Waals surface area contributed by atoms with Crippen molar-refractivity contribution in [1.82, 2.24) is 4.98 Å². The minimum atomic E-state index is -2.38. The van der Waals surface area contributed by atoms with Crippen LogP contribution in [0, 0.1) is 0 Å². The van der Waals surface area contributed by atoms with Crippen molar-refractivity contribution in [2.75, 3.05) is 5.32 Å². The normalized spacial score (nSPS) is 11.2. The van der Waals surface area contributed by atoms with Crippen LogP contribution in [-0.2, 0) is 6.54 Å². The van der Waals surface area contributed by atoms with E-state index in [0.29, 0.717) is 23.2 Å². The Bertz CT molecular complexity index is 722. The van der Waals surface area contributed by atoms with Gasteiger partial charge in [0, 0.05) is 28.8 Å². The molecule has 0 unspecified atom stereocenters. The van der Waals surface area contributed by atoms with Crippen LogP contribution in [0.25, 0.3) is 10.9 Å². The maximum absolute atomic E-state index is 12.2. The van der Waals surface area contributed by atoms with Gasteiger partial charge in [-0.05, 0) is 47.3 Å². The Labute approximate surface area is 125 Å². The third kappa shape index (κ3) is 3.55. The summed E-state index contributed by atoms with van der Waals surface area (Å²) < 4.78 is 24.5. The van der Waals surface area contributed by atoms with Crippen LogP contribution >= 0.6 is 11.8 Å². The second kappa shape index (κ2) is 6.18. The van der Waals surface area contributed by atoms with Gasteiger partial charge in [-0.15, -0.1) is 0 Å². The summed E-state index contributed by atoms with van der Waals surface area (Å²) in [6.45, 7) is 0.691. The molecule has 0 spiro atoms. The fourth-order valence-corrected chi connectivity index (χ4v) is 2.66. The zero-order chi connectivity index (χ0) is 14.7. The number of alkyl halides is 2. The molecule has 2 aromatic carbocycles. The highest BCUT2D eigenvalue weighted by Gasteiger charge is 2.04. The maximum Gasteiger partial charge on any atom is 0.288 e. The lowest BCUT2D eigenvalue weighted by Crippen LogP contribution is -1.99. The molecule has 0 aliphatic carbocycles. The number of hydrogen-bond acceptors (Lipinski definition) is 2. The molecule has 1 heterocycles. The zero-order valence-corrected chi connectivity index (χ0v) is 12.0. The first-order chi connectivity index (χ1) is 10.2. The van der Waals surface area contributed by atoms with E-state index in [1.165, 1.54) is 5.39 Å². The zero-order valence-electron chi connectivity index (χ0n) is 11.1. The predicted molar refractivity (Wildman–Crippen MR) is 83.9 cm³/mol. The van der Waals surface area contributed by atoms with E-state index < -0.39 is 5.76 Å². The Balaban J connectivity index is 1.63. The Morgan fingerprint density at radius 3 is 2.62 bits per heavy atom. The summed E-state index contributed by atoms with van der Waals surface area (Å²) in [6.07, 6.45) is 1.92. The smallest absolute Gasteiger partial charge is 0.288 e. The van der Waals surface area contributed by atoms with Crippen molar-refractivity contribution in [2.45, 2.75) is 17.2 Å². The molecular formula is C16H14F2N2S. The summed E-state index contributed by atoms with van der Waals surface area (Å²) in [5.41, 5.74) is 3.19. The number of benzene rings is 2. The topological polar surface area (TPSA) is 27.8 Å². The lowest BCUT2D eigenvalue weighted by atomic mass is 10.1. The third-order valence-corrected chi connectivity index (χ3v) is 3.92. The van der Waals surface area contributed by atoms with Crippen LogP contribution in [0.2, 0.25) is 0 Å². The summed E-state index contributed by atoms with van der Waals surface area (Å²) in [5.74, 6) is -2.38. The van der Waals surface area contributed by atoms with Crippen molar-refractivity contribution in [2.24, 2.45) is 0 Å². The van der Waals surface area contributed by atoms with Crippen LogP contribution in [0.4, 0.5) is 14.5 Å². The van der Waals surface area contributed by atoms with Crippen molar-refractivity contribution < 1.29 is 8.78 Å². The van der Waals surface area contributed by atoms with Gasteiger partial charge in [0.25, 0.3) is 5.76 Å². The van der Waals surface area contributed by atoms with E-state index in [4.69, 9.17) is 0 Å². The van der Waals surface area contributed by atoms with Gasteiger partial charge in [0.1, 0.15) is 0 Å². The molecule has 2 nitrogen and oxygen atoms in total. The fourth-order valence-electron chi connectivity index (χ4n) is 2.16. The molecule has 0 radical (unpaired) electrons. The van der Waals surface area contributed by atoms with Crippen LogP contribution < -0.4 is 5.32 Å². The molecule has 0 aliphatic rings. The van der Waals surface area contributed by atoms with Crippen LogP contribution in [-0.4, -0.2) is 10.7 Å². The van der Waals surface area contributed by atoms with Gasteiger partial charge in [-0.3, -0.25) is 0 Å². The van der Waals surface area contributed by atoms with Gasteiger partial charge in [-0.1, -0.05) is 23.9 Å². The number of aromatic amines is 1. The molecule has 0 aliphatic heterocycles. The number of rotatable bonds is 5. The highest BCUT2D eigenvalue weighted by Crippen LogP contribution is 2.26. The summed E-state index contributed by atoms with van der Waals surface area (Å²) in [4.78, 5) is 3.75. The van der Waals surface area contributed by atoms with Crippen LogP contribution in [0.15, 0.2) is 59.6 Å². The molecule has 108 valence electrons. The van der Waals surface area contributed by atoms with Crippen molar-refractivity contribution in [3.8, 4) is 0 Å². The first kappa shape index (κ1) is 13.9. The monoisotopic (exact) mass is 304 g/mol. The predicted octanol–water partition coefficient (Wildman–Crippen LogP) is 5.09. The molecule has 0 bridgehead atoms. The molecule has 5 heteroatoms. The van der Waals surface area contributed by atoms with E-state index in [0.717, 1.165) is 16.8 Å². The van der Waals surface area contributed by atoms with Crippen LogP contribution in [0.1, 0.15) is 5.56 Å². The Hall–Kier alpha value is -2.01. The number of halogens is 2. The van der Waals surface area contributed by atoms with E-state index in [1.54, 1.807) is 12.1 Å². The number of thioether (sulfide) groups is 1. The average Bonchev–Trinajstić information content (AvgIpc) is 2.93. The molecule has 0 saturated heterocycles. The van der Waals surface area contributed by atoms with Crippen molar-refractivity contribution in [3.05, 3.63) is 60.3 Å². The molecule has 0 amide bonds. The second-order valence-electron chi connectivity index (χ2n) is 4.66. The van der Waals surface area contributed by atoms with Crippen LogP contribution in [0.5, 0.6) is 0 Å². The molecular weight excluding hydrogens is 290 g/mol. The van der Waals surface area contributed by atoms with E-state index in [1.807, 2.05) is 24.4 Å². The molecule has 0 saturated carbocycles. The van der Waals surface area contributed by atoms with E-state index in [-0.39, 0.29) is 0 Å². The van der Waals surface area contributed by atoms with E-state index in [9.17, 15) is 8.78 Å². The first-order valence-corrected chi connectivity index (χ1v) is 7.43. The average molecular weight is 304 g/mol. The van der Waals surface area contributed by atoms with Crippen molar-refractivity contribution >= 4 is 28.4 Å². The number of anilines is 1. The van der Waals surface area contributed by atoms with Crippen molar-refractivity contribution in [1.29, 1.82) is 0 Å². The number of fused-ring (bicyclic) bond motifs is 1. The van der Waals surface area contributed by atoms with Gasteiger partial charge < -0.3 is 10.3 Å². The Morgan fingerprint density at radius 2 is 1.86 bits per heavy atom. The lowest BCUT2D eigenvalue weighted by molar-refractivity contribution is 0.252. The molecule has 2 N–H and O–H groups in total. The second-order valence-corrected chi connectivity index (χ2v) is 5.72. The summed E-state index contributed by atoms with van der Waals surface area (Å²) in [5, 5.41) is 4.47. The lowest BCUT2D eigenvalue weighted by Gasteiger charge is -2.08. The highest BCUT2D eigenvalue weighted by molar-refractivity contribution is 7.99. The van der Waals surface area contributed by atoms with Gasteiger partial charge in [-0.25, -0.2) is 0 Å². The van der Waals surface area contributed by atoms with E-state index >= 15 is 0 Å². The van der Waals surface area contributed by atoms with E-state index in [2.05, 4.69) is 28.5 Å². The fraction of sp³-hybridized carbons (Fsp3) is 0.125. The number of hydrogen-bond donors (Lipinski definition) is 2. The summed E-state index contributed by atoms with van der Waals surface area (Å²) in [7, 11) is 0. The minimum Gasteiger partial charge on any atom is -0.381 e. The quantitative estimate of drug-likeness (QED) is 0.642. The molecule has 0 atom stereocenters. The number of H-pyrrole nitrogens is 1. The van der Waals surface area contributed by atoms with Crippen LogP contribution in [0.3, 0.4) is 0 Å². The maximum atomic E-state index is 12.2. The Kier molecular flexibility index (Phi) is 4.10. The first-order valence-electron chi connectivity index (χ1n) is 6.55. The van der Waals surface area contributed by atoms with Gasteiger partial charge in [-0.2, -0.15) is 8.78 Å². The molecule has 0 fully saturated rings. The van der Waals surface area contributed by atoms with Crippen molar-refractivity contribution in [3.63, 3.8) is 0 Å². The summed E-state index contributed by atoms with van der Waals surface area (Å²) >= 11 is 0.559. The third-order valence-electron chi connectivity index (χ3n) is 3.20. The highest BCUT2D eigenvalue weighted by atomic mass is 32.2. The minimum absolute atomic E-state index is 0.559. The summed E-state index contributed by atoms with van der Waals surface area (Å²) in [6, 6.07) is 15.3. The number of aromatic nitrogens is 1. The van der Waals surface area contributed by atoms with Gasteiger partial charge in [0.15, 0.2) is 0 Å². The van der Waals surface area contributed by atoms with Gasteiger partial charge >= 0.3 is 0 Å². The molecule has 3 rings (SSSR count). The largest absolute Gasteiger partial charge is 0.381 e. The molecule has 3 aromatic rings. The number of nitrogens with one attached hydrogen (secondary N) is 2. The van der Waals surface area contributed by atoms with Gasteiger partial charge in [0.05, 0.1) is 0 Å². The SMILES string of the molecule is FC(F)Sc1ccc(NCc2ccc3cc[nH]c3c2)cc1. The standard InChI is InChI=1S/C16H14F2N2S/c17-16(18)21-14-5-3-13(4-6-14)20-10-11-1-2-12-7-8-19-15(12)9-11/h1-9,16,19-20H,10H2. The Morgan fingerprint density at radius 1 is 1.05 bits per heavy atom. The molecule has 1 aromatic heterocycles. The van der Waals surface area contributed by atoms with Gasteiger partial charge in [0.2, 0.25) is 0 Å².